The Morgan fingerprint density at radius 1 is 0.912 bits per heavy atom. The summed E-state index contributed by atoms with van der Waals surface area (Å²) in [6.07, 6.45) is -8.08. The smallest absolute Gasteiger partial charge is 0.229 e. The van der Waals surface area contributed by atoms with Gasteiger partial charge in [0, 0.05) is 22.8 Å². The highest BCUT2D eigenvalue weighted by molar-refractivity contribution is 6.31. The molecule has 2 aromatic carbocycles. The Labute approximate surface area is 193 Å². The third-order valence-electron chi connectivity index (χ3n) is 6.02. The van der Waals surface area contributed by atoms with Crippen LogP contribution < -0.4 is 9.47 Å². The van der Waals surface area contributed by atoms with Gasteiger partial charge in [0.2, 0.25) is 12.1 Å². The molecule has 0 radical (unpaired) electrons. The maximum atomic E-state index is 13.5. The Bertz CT molecular complexity index is 1160. The van der Waals surface area contributed by atoms with Crippen LogP contribution in [-0.2, 0) is 11.3 Å². The zero-order chi connectivity index (χ0) is 24.9. The first-order valence-electron chi connectivity index (χ1n) is 10.4. The molecule has 4 rings (SSSR count). The zero-order valence-electron chi connectivity index (χ0n) is 18.3. The Morgan fingerprint density at radius 2 is 1.62 bits per heavy atom. The fourth-order valence-electron chi connectivity index (χ4n) is 4.32. The van der Waals surface area contributed by atoms with Crippen LogP contribution in [0.1, 0.15) is 43.0 Å². The van der Waals surface area contributed by atoms with E-state index in [1.165, 1.54) is 25.3 Å². The number of aryl methyl sites for hydroxylation is 1. The van der Waals surface area contributed by atoms with Crippen molar-refractivity contribution in [1.82, 2.24) is 0 Å². The van der Waals surface area contributed by atoms with E-state index >= 15 is 0 Å². The topological polar surface area (TPSA) is 183 Å². The maximum absolute atomic E-state index is 13.5. The third-order valence-corrected chi connectivity index (χ3v) is 6.02. The maximum Gasteiger partial charge on any atom is 0.229 e. The molecule has 0 amide bonds. The molecule has 11 heteroatoms. The normalized spacial score (nSPS) is 26.1. The van der Waals surface area contributed by atoms with Gasteiger partial charge in [-0.05, 0) is 24.6 Å². The fourth-order valence-corrected chi connectivity index (χ4v) is 4.32. The number of ether oxygens (including phenoxy) is 3. The molecule has 2 aliphatic rings. The first kappa shape index (κ1) is 24.1. The van der Waals surface area contributed by atoms with Gasteiger partial charge in [0.05, 0.1) is 31.5 Å². The van der Waals surface area contributed by atoms with Gasteiger partial charge in [0.15, 0.2) is 5.78 Å². The molecule has 1 saturated heterocycles. The second-order valence-electron chi connectivity index (χ2n) is 8.14. The molecule has 1 aliphatic heterocycles. The van der Waals surface area contributed by atoms with Gasteiger partial charge in [0.25, 0.3) is 0 Å². The van der Waals surface area contributed by atoms with Gasteiger partial charge >= 0.3 is 0 Å². The van der Waals surface area contributed by atoms with Gasteiger partial charge in [-0.2, -0.15) is 0 Å². The first-order valence-corrected chi connectivity index (χ1v) is 10.4. The van der Waals surface area contributed by atoms with E-state index in [2.05, 4.69) is 0 Å². The number of phenolic OH excluding ortho intramolecular Hbond substituents is 1. The average Bonchev–Trinajstić information content (AvgIpc) is 2.81. The second kappa shape index (κ2) is 8.95. The molecule has 34 heavy (non-hydrogen) atoms. The lowest BCUT2D eigenvalue weighted by Crippen LogP contribution is -2.60. The second-order valence-corrected chi connectivity index (χ2v) is 8.14. The number of ketones is 2. The lowest BCUT2D eigenvalue weighted by molar-refractivity contribution is -0.277. The quantitative estimate of drug-likeness (QED) is 0.270. The van der Waals surface area contributed by atoms with Crippen LogP contribution in [0.3, 0.4) is 0 Å². The standard InChI is InChI=1S/C23H24O11/c1-8-3-9-15(11(26)4-8)20(29)17-13(5-12(32-2)10(6-24)16(17)18(9)27)33-23-22(31)21(30)19(28)14(7-25)34-23/h3-5,14,19,21-26,28,30-31H,6-7H2,1-2H3/t14-,19-,21+,22-,23+/m1/s1. The molecule has 1 heterocycles. The molecular formula is C23H24O11. The molecule has 0 unspecified atom stereocenters. The number of fused-ring (bicyclic) bond motifs is 2. The highest BCUT2D eigenvalue weighted by Crippen LogP contribution is 2.43. The summed E-state index contributed by atoms with van der Waals surface area (Å²) in [5.74, 6) is -2.15. The summed E-state index contributed by atoms with van der Waals surface area (Å²) in [4.78, 5) is 26.9. The molecule has 1 aliphatic carbocycles. The molecule has 0 spiro atoms. The number of carbonyl (C=O) groups is 2. The van der Waals surface area contributed by atoms with Crippen LogP contribution in [0.2, 0.25) is 0 Å². The van der Waals surface area contributed by atoms with E-state index in [-0.39, 0.29) is 39.3 Å². The van der Waals surface area contributed by atoms with Crippen LogP contribution in [0.25, 0.3) is 0 Å². The molecule has 0 bridgehead atoms. The molecule has 6 N–H and O–H groups in total. The summed E-state index contributed by atoms with van der Waals surface area (Å²) in [5, 5.41) is 60.2. The number of phenols is 1. The van der Waals surface area contributed by atoms with Crippen molar-refractivity contribution in [2.45, 2.75) is 44.2 Å². The molecule has 0 saturated carbocycles. The lowest BCUT2D eigenvalue weighted by Gasteiger charge is -2.40. The minimum atomic E-state index is -1.78. The van der Waals surface area contributed by atoms with Crippen LogP contribution in [0, 0.1) is 6.92 Å². The fraction of sp³-hybridized carbons (Fsp3) is 0.391. The van der Waals surface area contributed by atoms with Gasteiger partial charge in [-0.25, -0.2) is 0 Å². The van der Waals surface area contributed by atoms with Gasteiger partial charge in [0.1, 0.15) is 41.7 Å². The summed E-state index contributed by atoms with van der Waals surface area (Å²) in [7, 11) is 1.28. The lowest BCUT2D eigenvalue weighted by atomic mass is 9.80. The van der Waals surface area contributed by atoms with Gasteiger partial charge in [-0.1, -0.05) is 0 Å². The molecular weight excluding hydrogens is 452 g/mol. The summed E-state index contributed by atoms with van der Waals surface area (Å²) in [6, 6.07) is 3.97. The van der Waals surface area contributed by atoms with Gasteiger partial charge < -0.3 is 44.8 Å². The number of rotatable bonds is 5. The third kappa shape index (κ3) is 3.63. The van der Waals surface area contributed by atoms with Crippen molar-refractivity contribution in [3.63, 3.8) is 0 Å². The minimum Gasteiger partial charge on any atom is -0.507 e. The van der Waals surface area contributed by atoms with Crippen LogP contribution in [-0.4, -0.2) is 86.6 Å². The van der Waals surface area contributed by atoms with Crippen molar-refractivity contribution < 1.29 is 54.4 Å². The molecule has 0 aromatic heterocycles. The highest BCUT2D eigenvalue weighted by atomic mass is 16.7. The zero-order valence-corrected chi connectivity index (χ0v) is 18.3. The summed E-state index contributed by atoms with van der Waals surface area (Å²) in [6.45, 7) is 0.283. The van der Waals surface area contributed by atoms with Crippen molar-refractivity contribution in [2.75, 3.05) is 13.7 Å². The van der Waals surface area contributed by atoms with E-state index in [0.717, 1.165) is 0 Å². The minimum absolute atomic E-state index is 0.00214. The Hall–Kier alpha value is -3.06. The largest absolute Gasteiger partial charge is 0.507 e. The first-order chi connectivity index (χ1) is 16.1. The highest BCUT2D eigenvalue weighted by Gasteiger charge is 2.46. The number of aromatic hydroxyl groups is 1. The summed E-state index contributed by atoms with van der Waals surface area (Å²) < 4.78 is 16.3. The molecule has 182 valence electrons. The number of aliphatic hydroxyl groups is 5. The van der Waals surface area contributed by atoms with Crippen molar-refractivity contribution >= 4 is 11.6 Å². The molecule has 5 atom stereocenters. The van der Waals surface area contributed by atoms with Crippen LogP contribution in [0.15, 0.2) is 18.2 Å². The number of hydrogen-bond donors (Lipinski definition) is 6. The number of benzene rings is 2. The van der Waals surface area contributed by atoms with E-state index in [9.17, 15) is 40.2 Å². The number of hydrogen-bond acceptors (Lipinski definition) is 11. The van der Waals surface area contributed by atoms with Crippen molar-refractivity contribution in [3.05, 3.63) is 51.6 Å². The van der Waals surface area contributed by atoms with Crippen LogP contribution >= 0.6 is 0 Å². The predicted molar refractivity (Wildman–Crippen MR) is 113 cm³/mol. The van der Waals surface area contributed by atoms with E-state index in [1.54, 1.807) is 6.92 Å². The van der Waals surface area contributed by atoms with E-state index in [4.69, 9.17) is 14.2 Å². The van der Waals surface area contributed by atoms with Crippen molar-refractivity contribution in [1.29, 1.82) is 0 Å². The number of methoxy groups -OCH3 is 1. The Morgan fingerprint density at radius 3 is 2.24 bits per heavy atom. The molecule has 11 nitrogen and oxygen atoms in total. The Kier molecular flexibility index (Phi) is 6.34. The number of carbonyl (C=O) groups excluding carboxylic acids is 2. The van der Waals surface area contributed by atoms with Crippen molar-refractivity contribution in [2.24, 2.45) is 0 Å². The SMILES string of the molecule is COc1cc(O[C@H]2O[C@H](CO)[C@@H](O)[C@H](O)[C@H]2O)c2c(c1CO)C(=O)c1cc(C)cc(O)c1C2=O. The van der Waals surface area contributed by atoms with E-state index in [0.29, 0.717) is 5.56 Å². The van der Waals surface area contributed by atoms with Crippen LogP contribution in [0.4, 0.5) is 0 Å². The molecule has 1 fully saturated rings. The predicted octanol–water partition coefficient (Wildman–Crippen LogP) is -0.844. The van der Waals surface area contributed by atoms with Crippen molar-refractivity contribution in [3.8, 4) is 17.2 Å². The van der Waals surface area contributed by atoms with E-state index in [1.807, 2.05) is 0 Å². The monoisotopic (exact) mass is 476 g/mol. The van der Waals surface area contributed by atoms with Crippen LogP contribution in [0.5, 0.6) is 17.2 Å². The molecule has 2 aromatic rings. The number of aliphatic hydroxyl groups excluding tert-OH is 5. The Balaban J connectivity index is 1.89. The van der Waals surface area contributed by atoms with Gasteiger partial charge in [-0.3, -0.25) is 9.59 Å². The van der Waals surface area contributed by atoms with E-state index < -0.39 is 61.2 Å². The summed E-state index contributed by atoms with van der Waals surface area (Å²) in [5.41, 5.74) is -0.273. The average molecular weight is 476 g/mol. The van der Waals surface area contributed by atoms with Gasteiger partial charge in [-0.15, -0.1) is 0 Å². The summed E-state index contributed by atoms with van der Waals surface area (Å²) >= 11 is 0.